The highest BCUT2D eigenvalue weighted by Gasteiger charge is 2.16. The van der Waals surface area contributed by atoms with Crippen LogP contribution >= 0.6 is 15.9 Å². The first-order chi connectivity index (χ1) is 9.25. The van der Waals surface area contributed by atoms with Crippen LogP contribution in [0.3, 0.4) is 0 Å². The standard InChI is InChI=1S/C13H19BrN2O3S/c1-3-4-5-9(2)16-13(17)10-6-7-11(14)12(8-10)20(15,18)19/h6-9H,3-5H2,1-2H3,(H,16,17)(H2,15,18,19). The molecule has 1 aromatic carbocycles. The Morgan fingerprint density at radius 3 is 2.65 bits per heavy atom. The molecule has 0 fully saturated rings. The Morgan fingerprint density at radius 2 is 2.10 bits per heavy atom. The zero-order valence-corrected chi connectivity index (χ0v) is 13.9. The van der Waals surface area contributed by atoms with E-state index in [-0.39, 0.29) is 22.4 Å². The zero-order valence-electron chi connectivity index (χ0n) is 11.5. The lowest BCUT2D eigenvalue weighted by Gasteiger charge is -2.14. The van der Waals surface area contributed by atoms with Gasteiger partial charge in [-0.3, -0.25) is 4.79 Å². The molecule has 0 aliphatic rings. The number of amides is 1. The number of hydrogen-bond donors (Lipinski definition) is 2. The lowest BCUT2D eigenvalue weighted by atomic mass is 10.1. The number of carbonyl (C=O) groups is 1. The van der Waals surface area contributed by atoms with Gasteiger partial charge in [0.15, 0.2) is 0 Å². The van der Waals surface area contributed by atoms with Gasteiger partial charge < -0.3 is 5.32 Å². The third-order valence-electron chi connectivity index (χ3n) is 2.87. The Morgan fingerprint density at radius 1 is 1.45 bits per heavy atom. The molecule has 1 atom stereocenters. The Labute approximate surface area is 128 Å². The fourth-order valence-electron chi connectivity index (χ4n) is 1.75. The van der Waals surface area contributed by atoms with E-state index in [1.165, 1.54) is 12.1 Å². The number of benzene rings is 1. The summed E-state index contributed by atoms with van der Waals surface area (Å²) < 4.78 is 23.2. The third-order valence-corrected chi connectivity index (χ3v) is 4.77. The summed E-state index contributed by atoms with van der Waals surface area (Å²) in [6.45, 7) is 4.01. The molecule has 1 rings (SSSR count). The SMILES string of the molecule is CCCCC(C)NC(=O)c1ccc(Br)c(S(N)(=O)=O)c1. The minimum Gasteiger partial charge on any atom is -0.350 e. The van der Waals surface area contributed by atoms with E-state index in [0.29, 0.717) is 4.47 Å². The van der Waals surface area contributed by atoms with E-state index >= 15 is 0 Å². The summed E-state index contributed by atoms with van der Waals surface area (Å²) in [4.78, 5) is 12.0. The van der Waals surface area contributed by atoms with Gasteiger partial charge in [-0.25, -0.2) is 13.6 Å². The Bertz CT molecular complexity index is 587. The van der Waals surface area contributed by atoms with Crippen molar-refractivity contribution in [1.29, 1.82) is 0 Å². The van der Waals surface area contributed by atoms with Crippen molar-refractivity contribution in [3.63, 3.8) is 0 Å². The third kappa shape index (κ3) is 4.88. The second-order valence-corrected chi connectivity index (χ2v) is 7.09. The van der Waals surface area contributed by atoms with Crippen LogP contribution in [0.15, 0.2) is 27.6 Å². The second-order valence-electron chi connectivity index (χ2n) is 4.71. The van der Waals surface area contributed by atoms with Crippen LogP contribution < -0.4 is 10.5 Å². The number of primary sulfonamides is 1. The van der Waals surface area contributed by atoms with E-state index in [1.807, 2.05) is 6.92 Å². The number of sulfonamides is 1. The molecule has 20 heavy (non-hydrogen) atoms. The largest absolute Gasteiger partial charge is 0.350 e. The maximum absolute atomic E-state index is 12.0. The summed E-state index contributed by atoms with van der Waals surface area (Å²) in [5, 5.41) is 7.94. The number of rotatable bonds is 6. The molecule has 0 heterocycles. The highest BCUT2D eigenvalue weighted by molar-refractivity contribution is 9.10. The van der Waals surface area contributed by atoms with Gasteiger partial charge in [-0.2, -0.15) is 0 Å². The zero-order chi connectivity index (χ0) is 15.3. The fourth-order valence-corrected chi connectivity index (χ4v) is 3.31. The quantitative estimate of drug-likeness (QED) is 0.813. The topological polar surface area (TPSA) is 89.3 Å². The van der Waals surface area contributed by atoms with Gasteiger partial charge in [-0.15, -0.1) is 0 Å². The van der Waals surface area contributed by atoms with Gasteiger partial charge in [0.25, 0.3) is 5.91 Å². The smallest absolute Gasteiger partial charge is 0.251 e. The van der Waals surface area contributed by atoms with Gasteiger partial charge in [0.05, 0.1) is 4.90 Å². The molecule has 0 radical (unpaired) electrons. The Hall–Kier alpha value is -0.920. The van der Waals surface area contributed by atoms with Crippen molar-refractivity contribution < 1.29 is 13.2 Å². The molecule has 0 spiro atoms. The molecule has 0 aliphatic carbocycles. The van der Waals surface area contributed by atoms with Crippen LogP contribution in [-0.2, 0) is 10.0 Å². The highest BCUT2D eigenvalue weighted by atomic mass is 79.9. The highest BCUT2D eigenvalue weighted by Crippen LogP contribution is 2.22. The number of nitrogens with one attached hydrogen (secondary N) is 1. The molecular weight excluding hydrogens is 344 g/mol. The van der Waals surface area contributed by atoms with Crippen molar-refractivity contribution in [3.05, 3.63) is 28.2 Å². The lowest BCUT2D eigenvalue weighted by Crippen LogP contribution is -2.32. The minimum atomic E-state index is -3.86. The Balaban J connectivity index is 2.90. The summed E-state index contributed by atoms with van der Waals surface area (Å²) >= 11 is 3.11. The minimum absolute atomic E-state index is 0.0454. The van der Waals surface area contributed by atoms with Crippen LogP contribution in [0.4, 0.5) is 0 Å². The van der Waals surface area contributed by atoms with E-state index in [2.05, 4.69) is 28.2 Å². The first-order valence-corrected chi connectivity index (χ1v) is 8.72. The van der Waals surface area contributed by atoms with Gasteiger partial charge in [-0.1, -0.05) is 19.8 Å². The van der Waals surface area contributed by atoms with Crippen molar-refractivity contribution >= 4 is 31.9 Å². The van der Waals surface area contributed by atoms with E-state index in [1.54, 1.807) is 6.07 Å². The Kier molecular flexibility index (Phi) is 6.16. The molecule has 3 N–H and O–H groups in total. The molecule has 1 aromatic rings. The van der Waals surface area contributed by atoms with Gasteiger partial charge in [0.1, 0.15) is 0 Å². The van der Waals surface area contributed by atoms with Crippen LogP contribution in [0.25, 0.3) is 0 Å². The second kappa shape index (κ2) is 7.19. The molecule has 0 saturated carbocycles. The van der Waals surface area contributed by atoms with Gasteiger partial charge in [0, 0.05) is 16.1 Å². The molecule has 0 aromatic heterocycles. The average Bonchev–Trinajstić information content (AvgIpc) is 2.35. The summed E-state index contributed by atoms with van der Waals surface area (Å²) in [5.74, 6) is -0.300. The fraction of sp³-hybridized carbons (Fsp3) is 0.462. The van der Waals surface area contributed by atoms with Crippen LogP contribution in [0.2, 0.25) is 0 Å². The van der Waals surface area contributed by atoms with Crippen LogP contribution in [0, 0.1) is 0 Å². The molecule has 0 bridgehead atoms. The van der Waals surface area contributed by atoms with Crippen LogP contribution in [-0.4, -0.2) is 20.4 Å². The molecular formula is C13H19BrN2O3S. The molecule has 0 saturated heterocycles. The van der Waals surface area contributed by atoms with Crippen LogP contribution in [0.5, 0.6) is 0 Å². The number of hydrogen-bond acceptors (Lipinski definition) is 3. The van der Waals surface area contributed by atoms with Crippen molar-refractivity contribution in [2.45, 2.75) is 44.0 Å². The monoisotopic (exact) mass is 362 g/mol. The normalized spacial score (nSPS) is 13.0. The number of carbonyl (C=O) groups excluding carboxylic acids is 1. The van der Waals surface area contributed by atoms with Gasteiger partial charge in [-0.05, 0) is 47.5 Å². The van der Waals surface area contributed by atoms with E-state index in [4.69, 9.17) is 5.14 Å². The van der Waals surface area contributed by atoms with E-state index in [0.717, 1.165) is 19.3 Å². The summed E-state index contributed by atoms with van der Waals surface area (Å²) in [6, 6.07) is 4.39. The van der Waals surface area contributed by atoms with Crippen molar-refractivity contribution in [2.24, 2.45) is 5.14 Å². The maximum Gasteiger partial charge on any atom is 0.251 e. The average molecular weight is 363 g/mol. The van der Waals surface area contributed by atoms with Crippen molar-refractivity contribution in [2.75, 3.05) is 0 Å². The molecule has 5 nitrogen and oxygen atoms in total. The van der Waals surface area contributed by atoms with Crippen LogP contribution in [0.1, 0.15) is 43.5 Å². The molecule has 0 aliphatic heterocycles. The predicted molar refractivity (Wildman–Crippen MR) is 82.0 cm³/mol. The molecule has 1 unspecified atom stereocenters. The van der Waals surface area contributed by atoms with Gasteiger partial charge in [0.2, 0.25) is 10.0 Å². The first kappa shape index (κ1) is 17.1. The van der Waals surface area contributed by atoms with E-state index < -0.39 is 10.0 Å². The number of unbranched alkanes of at least 4 members (excludes halogenated alkanes) is 1. The molecule has 1 amide bonds. The summed E-state index contributed by atoms with van der Waals surface area (Å²) in [5.41, 5.74) is 0.278. The maximum atomic E-state index is 12.0. The summed E-state index contributed by atoms with van der Waals surface area (Å²) in [6.07, 6.45) is 2.99. The van der Waals surface area contributed by atoms with Gasteiger partial charge >= 0.3 is 0 Å². The molecule has 7 heteroatoms. The van der Waals surface area contributed by atoms with E-state index in [9.17, 15) is 13.2 Å². The first-order valence-electron chi connectivity index (χ1n) is 6.39. The summed E-state index contributed by atoms with van der Waals surface area (Å²) in [7, 11) is -3.86. The number of halogens is 1. The predicted octanol–water partition coefficient (Wildman–Crippen LogP) is 2.41. The van der Waals surface area contributed by atoms with Crippen molar-refractivity contribution in [1.82, 2.24) is 5.32 Å². The van der Waals surface area contributed by atoms with Crippen molar-refractivity contribution in [3.8, 4) is 0 Å². The number of nitrogens with two attached hydrogens (primary N) is 1. The molecule has 112 valence electrons. The lowest BCUT2D eigenvalue weighted by molar-refractivity contribution is 0.0937.